The van der Waals surface area contributed by atoms with Crippen molar-refractivity contribution >= 4 is 11.5 Å². The number of hydrogen-bond acceptors (Lipinski definition) is 6. The highest BCUT2D eigenvalue weighted by atomic mass is 16.1. The Morgan fingerprint density at radius 3 is 2.77 bits per heavy atom. The summed E-state index contributed by atoms with van der Waals surface area (Å²) in [6, 6.07) is 5.74. The van der Waals surface area contributed by atoms with Gasteiger partial charge in [0.05, 0.1) is 0 Å². The summed E-state index contributed by atoms with van der Waals surface area (Å²) in [7, 11) is 0. The van der Waals surface area contributed by atoms with Crippen LogP contribution in [0.2, 0.25) is 0 Å². The van der Waals surface area contributed by atoms with Gasteiger partial charge in [-0.15, -0.1) is 5.10 Å². The largest absolute Gasteiger partial charge is 0.350 e. The zero-order valence-electron chi connectivity index (χ0n) is 18.0. The van der Waals surface area contributed by atoms with E-state index >= 15 is 0 Å². The lowest BCUT2D eigenvalue weighted by Gasteiger charge is -2.31. The molecule has 31 heavy (non-hydrogen) atoms. The number of hydrogen-bond donors (Lipinski definition) is 0. The van der Waals surface area contributed by atoms with E-state index in [1.807, 2.05) is 32.4 Å². The van der Waals surface area contributed by atoms with Crippen LogP contribution >= 0.6 is 0 Å². The number of nitrogens with zero attached hydrogens (tertiary/aromatic N) is 6. The molecule has 0 saturated heterocycles. The Labute approximate surface area is 180 Å². The van der Waals surface area contributed by atoms with Gasteiger partial charge in [-0.05, 0) is 43.5 Å². The molecule has 0 fully saturated rings. The molecule has 7 nitrogen and oxygen atoms in total. The average molecular weight is 412 g/mol. The molecule has 0 spiro atoms. The Kier molecular flexibility index (Phi) is 4.73. The summed E-state index contributed by atoms with van der Waals surface area (Å²) in [5.41, 5.74) is 8.26. The van der Waals surface area contributed by atoms with E-state index in [9.17, 15) is 4.79 Å². The van der Waals surface area contributed by atoms with Gasteiger partial charge in [0.15, 0.2) is 11.5 Å². The van der Waals surface area contributed by atoms with E-state index in [0.717, 1.165) is 53.2 Å². The zero-order valence-corrected chi connectivity index (χ0v) is 18.0. The smallest absolute Gasteiger partial charge is 0.274 e. The fourth-order valence-corrected chi connectivity index (χ4v) is 4.30. The molecule has 0 N–H and O–H groups in total. The molecule has 1 aliphatic rings. The number of rotatable bonds is 3. The molecule has 0 saturated carbocycles. The van der Waals surface area contributed by atoms with Crippen LogP contribution in [0.4, 0.5) is 5.82 Å². The summed E-state index contributed by atoms with van der Waals surface area (Å²) in [6.45, 7) is 7.70. The van der Waals surface area contributed by atoms with Crippen molar-refractivity contribution in [1.82, 2.24) is 24.6 Å². The fourth-order valence-electron chi connectivity index (χ4n) is 4.30. The Morgan fingerprint density at radius 2 is 1.94 bits per heavy atom. The van der Waals surface area contributed by atoms with Gasteiger partial charge in [-0.1, -0.05) is 6.92 Å². The molecular formula is C24H24N6O. The molecule has 5 rings (SSSR count). The lowest BCUT2D eigenvalue weighted by atomic mass is 9.97. The van der Waals surface area contributed by atoms with Gasteiger partial charge in [-0.25, -0.2) is 4.98 Å². The lowest BCUT2D eigenvalue weighted by molar-refractivity contribution is 0.684. The molecule has 1 aliphatic heterocycles. The van der Waals surface area contributed by atoms with Gasteiger partial charge < -0.3 is 4.90 Å². The van der Waals surface area contributed by atoms with Gasteiger partial charge in [0, 0.05) is 78.3 Å². The highest BCUT2D eigenvalue weighted by Gasteiger charge is 2.23. The van der Waals surface area contributed by atoms with Crippen LogP contribution in [0, 0.1) is 13.8 Å². The quantitative estimate of drug-likeness (QED) is 0.514. The third-order valence-corrected chi connectivity index (χ3v) is 6.19. The summed E-state index contributed by atoms with van der Waals surface area (Å²) in [5, 5.41) is 4.68. The van der Waals surface area contributed by atoms with E-state index in [1.165, 1.54) is 21.7 Å². The first kappa shape index (κ1) is 19.4. The van der Waals surface area contributed by atoms with E-state index in [1.54, 1.807) is 6.20 Å². The molecule has 0 atom stereocenters. The summed E-state index contributed by atoms with van der Waals surface area (Å²) >= 11 is 0. The van der Waals surface area contributed by atoms with E-state index < -0.39 is 0 Å². The van der Waals surface area contributed by atoms with Gasteiger partial charge in [-0.3, -0.25) is 14.8 Å². The standard InChI is InChI=1S/C24H24N6O/c1-4-17-5-8-25-13-20(17)18-11-19-14-29(10-7-21(19)27-12-18)24-16(3)15(2)23-26-9-6-22(31)30(23)28-24/h5-6,8-9,11-13H,4,7,10,14H2,1-3H3. The van der Waals surface area contributed by atoms with Crippen molar-refractivity contribution in [3.05, 3.63) is 81.3 Å². The second-order valence-corrected chi connectivity index (χ2v) is 7.98. The van der Waals surface area contributed by atoms with Crippen molar-refractivity contribution in [2.24, 2.45) is 0 Å². The number of anilines is 1. The highest BCUT2D eigenvalue weighted by Crippen LogP contribution is 2.30. The molecule has 4 aromatic heterocycles. The van der Waals surface area contributed by atoms with E-state index in [4.69, 9.17) is 4.98 Å². The molecule has 0 unspecified atom stereocenters. The van der Waals surface area contributed by atoms with Crippen molar-refractivity contribution in [2.75, 3.05) is 11.4 Å². The summed E-state index contributed by atoms with van der Waals surface area (Å²) < 4.78 is 1.41. The topological polar surface area (TPSA) is 76.3 Å². The monoisotopic (exact) mass is 412 g/mol. The van der Waals surface area contributed by atoms with Crippen molar-refractivity contribution in [3.8, 4) is 11.1 Å². The Hall–Kier alpha value is -3.61. The third kappa shape index (κ3) is 3.26. The van der Waals surface area contributed by atoms with Crippen LogP contribution in [0.1, 0.15) is 34.9 Å². The third-order valence-electron chi connectivity index (χ3n) is 6.19. The molecule has 4 aromatic rings. The van der Waals surface area contributed by atoms with Gasteiger partial charge in [0.2, 0.25) is 0 Å². The second-order valence-electron chi connectivity index (χ2n) is 7.98. The van der Waals surface area contributed by atoms with Gasteiger partial charge >= 0.3 is 0 Å². The first-order valence-electron chi connectivity index (χ1n) is 10.6. The molecule has 0 radical (unpaired) electrons. The van der Waals surface area contributed by atoms with Crippen LogP contribution in [0.3, 0.4) is 0 Å². The van der Waals surface area contributed by atoms with E-state index in [2.05, 4.69) is 39.0 Å². The van der Waals surface area contributed by atoms with Crippen LogP contribution in [0.25, 0.3) is 16.8 Å². The maximum absolute atomic E-state index is 12.4. The highest BCUT2D eigenvalue weighted by molar-refractivity contribution is 5.67. The molecule has 0 bridgehead atoms. The molecule has 7 heteroatoms. The minimum atomic E-state index is -0.167. The van der Waals surface area contributed by atoms with Gasteiger partial charge in [0.25, 0.3) is 5.56 Å². The van der Waals surface area contributed by atoms with Crippen LogP contribution in [-0.4, -0.2) is 31.1 Å². The second kappa shape index (κ2) is 7.58. The van der Waals surface area contributed by atoms with Crippen LogP contribution in [0.5, 0.6) is 0 Å². The number of pyridine rings is 2. The summed E-state index contributed by atoms with van der Waals surface area (Å²) in [5.74, 6) is 0.826. The lowest BCUT2D eigenvalue weighted by Crippen LogP contribution is -2.33. The van der Waals surface area contributed by atoms with Crippen molar-refractivity contribution in [3.63, 3.8) is 0 Å². The SMILES string of the molecule is CCc1ccncc1-c1cnc2c(c1)CN(c1nn3c(=O)ccnc3c(C)c1C)CC2. The maximum Gasteiger partial charge on any atom is 0.274 e. The number of aryl methyl sites for hydroxylation is 2. The molecule has 156 valence electrons. The summed E-state index contributed by atoms with van der Waals surface area (Å²) in [4.78, 5) is 28.0. The Bertz CT molecular complexity index is 1360. The Balaban J connectivity index is 1.56. The predicted molar refractivity (Wildman–Crippen MR) is 120 cm³/mol. The molecule has 5 heterocycles. The predicted octanol–water partition coefficient (Wildman–Crippen LogP) is 3.29. The first-order chi connectivity index (χ1) is 15.1. The first-order valence-corrected chi connectivity index (χ1v) is 10.6. The van der Waals surface area contributed by atoms with Crippen molar-refractivity contribution in [1.29, 1.82) is 0 Å². The maximum atomic E-state index is 12.4. The number of aromatic nitrogens is 5. The van der Waals surface area contributed by atoms with Crippen LogP contribution in [0.15, 0.2) is 47.8 Å². The molecule has 0 amide bonds. The normalized spacial score (nSPS) is 13.5. The van der Waals surface area contributed by atoms with Gasteiger partial charge in [0.1, 0.15) is 0 Å². The van der Waals surface area contributed by atoms with Crippen LogP contribution < -0.4 is 10.5 Å². The van der Waals surface area contributed by atoms with Gasteiger partial charge in [-0.2, -0.15) is 4.52 Å². The van der Waals surface area contributed by atoms with E-state index in [0.29, 0.717) is 12.2 Å². The fraction of sp³-hybridized carbons (Fsp3) is 0.292. The molecule has 0 aliphatic carbocycles. The minimum Gasteiger partial charge on any atom is -0.350 e. The Morgan fingerprint density at radius 1 is 1.06 bits per heavy atom. The summed E-state index contributed by atoms with van der Waals surface area (Å²) in [6.07, 6.45) is 9.04. The average Bonchev–Trinajstić information content (AvgIpc) is 2.81. The van der Waals surface area contributed by atoms with Crippen molar-refractivity contribution < 1.29 is 0 Å². The zero-order chi connectivity index (χ0) is 21.5. The van der Waals surface area contributed by atoms with Crippen molar-refractivity contribution in [2.45, 2.75) is 40.2 Å². The van der Waals surface area contributed by atoms with Crippen LogP contribution in [-0.2, 0) is 19.4 Å². The molecule has 0 aromatic carbocycles. The molecular weight excluding hydrogens is 388 g/mol. The number of fused-ring (bicyclic) bond motifs is 2. The minimum absolute atomic E-state index is 0.167. The van der Waals surface area contributed by atoms with E-state index in [-0.39, 0.29) is 5.56 Å².